The van der Waals surface area contributed by atoms with Gasteiger partial charge in [-0.3, -0.25) is 0 Å². The summed E-state index contributed by atoms with van der Waals surface area (Å²) in [6, 6.07) is 4.27. The van der Waals surface area contributed by atoms with Crippen LogP contribution in [0.5, 0.6) is 5.75 Å². The molecule has 0 aliphatic carbocycles. The van der Waals surface area contributed by atoms with Gasteiger partial charge in [0.05, 0.1) is 13.2 Å². The maximum Gasteiger partial charge on any atom is 0.122 e. The molecule has 0 saturated carbocycles. The minimum Gasteiger partial charge on any atom is -0.496 e. The summed E-state index contributed by atoms with van der Waals surface area (Å²) >= 11 is 0. The zero-order chi connectivity index (χ0) is 13.7. The van der Waals surface area contributed by atoms with Gasteiger partial charge in [-0.15, -0.1) is 0 Å². The summed E-state index contributed by atoms with van der Waals surface area (Å²) < 4.78 is 5.38. The van der Waals surface area contributed by atoms with Crippen molar-refractivity contribution in [3.63, 3.8) is 0 Å². The smallest absolute Gasteiger partial charge is 0.122 e. The van der Waals surface area contributed by atoms with Crippen molar-refractivity contribution in [3.05, 3.63) is 22.8 Å². The van der Waals surface area contributed by atoms with E-state index in [1.165, 1.54) is 22.4 Å². The molecule has 0 spiro atoms. The van der Waals surface area contributed by atoms with Gasteiger partial charge in [-0.1, -0.05) is 0 Å². The fourth-order valence-electron chi connectivity index (χ4n) is 2.34. The van der Waals surface area contributed by atoms with E-state index < -0.39 is 0 Å². The molecule has 3 nitrogen and oxygen atoms in total. The highest BCUT2D eigenvalue weighted by Crippen LogP contribution is 2.33. The number of methoxy groups -OCH3 is 1. The summed E-state index contributed by atoms with van der Waals surface area (Å²) in [5, 5.41) is 8.59. The predicted molar refractivity (Wildman–Crippen MR) is 75.3 cm³/mol. The first-order valence-electron chi connectivity index (χ1n) is 6.25. The van der Waals surface area contributed by atoms with E-state index in [1.54, 1.807) is 7.11 Å². The molecule has 0 aromatic heterocycles. The van der Waals surface area contributed by atoms with E-state index in [2.05, 4.69) is 44.9 Å². The lowest BCUT2D eigenvalue weighted by Gasteiger charge is -2.25. The van der Waals surface area contributed by atoms with Crippen molar-refractivity contribution in [3.8, 4) is 11.8 Å². The van der Waals surface area contributed by atoms with Crippen LogP contribution in [0, 0.1) is 32.1 Å². The van der Waals surface area contributed by atoms with Gasteiger partial charge >= 0.3 is 0 Å². The quantitative estimate of drug-likeness (QED) is 0.747. The highest BCUT2D eigenvalue weighted by atomic mass is 16.5. The second-order valence-corrected chi connectivity index (χ2v) is 4.68. The number of ether oxygens (including phenoxy) is 1. The van der Waals surface area contributed by atoms with Gasteiger partial charge in [-0.2, -0.15) is 5.26 Å². The first kappa shape index (κ1) is 14.4. The molecule has 0 amide bonds. The number of nitriles is 1. The number of benzene rings is 1. The zero-order valence-electron chi connectivity index (χ0n) is 12.0. The van der Waals surface area contributed by atoms with Crippen LogP contribution in [0.15, 0.2) is 6.07 Å². The van der Waals surface area contributed by atoms with Crippen LogP contribution in [0.1, 0.15) is 29.5 Å². The molecule has 98 valence electrons. The molecule has 0 heterocycles. The highest BCUT2D eigenvalue weighted by molar-refractivity contribution is 5.64. The summed E-state index contributed by atoms with van der Waals surface area (Å²) in [5.41, 5.74) is 4.91. The van der Waals surface area contributed by atoms with Crippen molar-refractivity contribution in [2.45, 2.75) is 33.6 Å². The molecular weight excluding hydrogens is 224 g/mol. The molecule has 0 N–H and O–H groups in total. The number of hydrogen-bond acceptors (Lipinski definition) is 3. The minimum absolute atomic E-state index is 0.609. The van der Waals surface area contributed by atoms with E-state index in [0.717, 1.165) is 18.7 Å². The predicted octanol–water partition coefficient (Wildman–Crippen LogP) is 3.36. The van der Waals surface area contributed by atoms with Gasteiger partial charge in [0.2, 0.25) is 0 Å². The van der Waals surface area contributed by atoms with E-state index >= 15 is 0 Å². The van der Waals surface area contributed by atoms with E-state index in [9.17, 15) is 0 Å². The van der Waals surface area contributed by atoms with Crippen molar-refractivity contribution < 1.29 is 4.74 Å². The molecule has 0 saturated heterocycles. The van der Waals surface area contributed by atoms with Crippen molar-refractivity contribution in [2.75, 3.05) is 25.6 Å². The molecule has 0 radical (unpaired) electrons. The number of aryl methyl sites for hydroxylation is 1. The van der Waals surface area contributed by atoms with Crippen LogP contribution in [0.4, 0.5) is 5.69 Å². The van der Waals surface area contributed by atoms with Gasteiger partial charge in [0.15, 0.2) is 0 Å². The number of rotatable bonds is 5. The summed E-state index contributed by atoms with van der Waals surface area (Å²) in [6.07, 6.45) is 1.51. The molecule has 0 aliphatic rings. The average molecular weight is 246 g/mol. The topological polar surface area (TPSA) is 36.3 Å². The summed E-state index contributed by atoms with van der Waals surface area (Å²) in [6.45, 7) is 7.22. The van der Waals surface area contributed by atoms with Crippen LogP contribution >= 0.6 is 0 Å². The standard InChI is InChI=1S/C15H22N2O/c1-11-10-14(18-5)12(2)13(3)15(11)17(4)9-7-6-8-16/h10H,6-7,9H2,1-5H3. The number of anilines is 1. The van der Waals surface area contributed by atoms with Gasteiger partial charge in [0.1, 0.15) is 5.75 Å². The molecule has 0 atom stereocenters. The number of nitrogens with zero attached hydrogens (tertiary/aromatic N) is 2. The average Bonchev–Trinajstić information content (AvgIpc) is 2.34. The van der Waals surface area contributed by atoms with Crippen molar-refractivity contribution in [1.29, 1.82) is 5.26 Å². The molecular formula is C15H22N2O. The maximum absolute atomic E-state index is 8.59. The van der Waals surface area contributed by atoms with Gasteiger partial charge in [0, 0.05) is 25.7 Å². The van der Waals surface area contributed by atoms with E-state index in [0.29, 0.717) is 6.42 Å². The van der Waals surface area contributed by atoms with Crippen LogP contribution in [0.3, 0.4) is 0 Å². The van der Waals surface area contributed by atoms with Crippen LogP contribution in [-0.4, -0.2) is 20.7 Å². The van der Waals surface area contributed by atoms with E-state index in [4.69, 9.17) is 10.00 Å². The van der Waals surface area contributed by atoms with Crippen LogP contribution < -0.4 is 9.64 Å². The van der Waals surface area contributed by atoms with Crippen molar-refractivity contribution >= 4 is 5.69 Å². The Kier molecular flexibility index (Phi) is 5.03. The Morgan fingerprint density at radius 2 is 1.94 bits per heavy atom. The lowest BCUT2D eigenvalue weighted by molar-refractivity contribution is 0.411. The first-order chi connectivity index (χ1) is 8.52. The summed E-state index contributed by atoms with van der Waals surface area (Å²) in [7, 11) is 3.79. The molecule has 0 unspecified atom stereocenters. The van der Waals surface area contributed by atoms with Gasteiger partial charge < -0.3 is 9.64 Å². The highest BCUT2D eigenvalue weighted by Gasteiger charge is 2.13. The molecule has 18 heavy (non-hydrogen) atoms. The Morgan fingerprint density at radius 3 is 2.50 bits per heavy atom. The van der Waals surface area contributed by atoms with Crippen molar-refractivity contribution in [1.82, 2.24) is 0 Å². The Morgan fingerprint density at radius 1 is 1.28 bits per heavy atom. The van der Waals surface area contributed by atoms with E-state index in [1.807, 2.05) is 0 Å². The fraction of sp³-hybridized carbons (Fsp3) is 0.533. The number of hydrogen-bond donors (Lipinski definition) is 0. The number of unbranched alkanes of at least 4 members (excludes halogenated alkanes) is 1. The Bertz CT molecular complexity index is 461. The molecule has 1 aromatic carbocycles. The Hall–Kier alpha value is -1.69. The Labute approximate surface area is 110 Å². The van der Waals surface area contributed by atoms with Gasteiger partial charge in [-0.05, 0) is 49.9 Å². The zero-order valence-corrected chi connectivity index (χ0v) is 12.0. The van der Waals surface area contributed by atoms with Crippen LogP contribution in [-0.2, 0) is 0 Å². The van der Waals surface area contributed by atoms with Gasteiger partial charge in [-0.25, -0.2) is 0 Å². The molecule has 1 aromatic rings. The molecule has 1 rings (SSSR count). The monoisotopic (exact) mass is 246 g/mol. The van der Waals surface area contributed by atoms with Crippen LogP contribution in [0.2, 0.25) is 0 Å². The van der Waals surface area contributed by atoms with Crippen molar-refractivity contribution in [2.24, 2.45) is 0 Å². The minimum atomic E-state index is 0.609. The lowest BCUT2D eigenvalue weighted by Crippen LogP contribution is -2.21. The summed E-state index contributed by atoms with van der Waals surface area (Å²) in [5.74, 6) is 0.944. The largest absolute Gasteiger partial charge is 0.496 e. The fourth-order valence-corrected chi connectivity index (χ4v) is 2.34. The third kappa shape index (κ3) is 2.95. The third-order valence-corrected chi connectivity index (χ3v) is 3.39. The SMILES string of the molecule is COc1cc(C)c(N(C)CCCC#N)c(C)c1C. The second kappa shape index (κ2) is 6.30. The molecule has 0 fully saturated rings. The molecule has 3 heteroatoms. The van der Waals surface area contributed by atoms with Gasteiger partial charge in [0.25, 0.3) is 0 Å². The van der Waals surface area contributed by atoms with Crippen LogP contribution in [0.25, 0.3) is 0 Å². The molecule has 0 aliphatic heterocycles. The second-order valence-electron chi connectivity index (χ2n) is 4.68. The third-order valence-electron chi connectivity index (χ3n) is 3.39. The van der Waals surface area contributed by atoms with E-state index in [-0.39, 0.29) is 0 Å². The first-order valence-corrected chi connectivity index (χ1v) is 6.25. The normalized spacial score (nSPS) is 10.0. The summed E-state index contributed by atoms with van der Waals surface area (Å²) in [4.78, 5) is 2.23. The lowest BCUT2D eigenvalue weighted by atomic mass is 10.0. The maximum atomic E-state index is 8.59. The Balaban J connectivity index is 3.02. The molecule has 0 bridgehead atoms.